The zero-order chi connectivity index (χ0) is 13.0. The molecule has 0 bridgehead atoms. The summed E-state index contributed by atoms with van der Waals surface area (Å²) in [6, 6.07) is 7.65. The largest absolute Gasteiger partial charge is 0.497 e. The predicted octanol–water partition coefficient (Wildman–Crippen LogP) is 1.69. The number of carboxylic acid groups (broad SMARTS) is 1. The first-order valence-corrected chi connectivity index (χ1v) is 6.23. The molecule has 1 heterocycles. The second-order valence-corrected chi connectivity index (χ2v) is 4.89. The summed E-state index contributed by atoms with van der Waals surface area (Å²) in [7, 11) is 1.62. The number of hydrogen-bond acceptors (Lipinski definition) is 3. The lowest BCUT2D eigenvalue weighted by molar-refractivity contribution is -0.150. The van der Waals surface area contributed by atoms with Crippen LogP contribution in [-0.4, -0.2) is 31.3 Å². The van der Waals surface area contributed by atoms with Gasteiger partial charge < -0.3 is 15.2 Å². The standard InChI is InChI=1S/C14H19NO3/c1-18-12-5-2-4-11(8-12)9-14(13(16)17)6-3-7-15-10-14/h2,4-5,8,15H,3,6-7,9-10H2,1H3,(H,16,17). The molecule has 1 saturated heterocycles. The first-order chi connectivity index (χ1) is 8.66. The van der Waals surface area contributed by atoms with Crippen LogP contribution in [0.4, 0.5) is 0 Å². The average molecular weight is 249 g/mol. The van der Waals surface area contributed by atoms with Gasteiger partial charge >= 0.3 is 5.97 Å². The fraction of sp³-hybridized carbons (Fsp3) is 0.500. The zero-order valence-corrected chi connectivity index (χ0v) is 10.6. The maximum Gasteiger partial charge on any atom is 0.311 e. The van der Waals surface area contributed by atoms with Crippen LogP contribution in [0.2, 0.25) is 0 Å². The van der Waals surface area contributed by atoms with Crippen molar-refractivity contribution in [2.45, 2.75) is 19.3 Å². The number of methoxy groups -OCH3 is 1. The molecule has 2 N–H and O–H groups in total. The molecular formula is C14H19NO3. The number of carboxylic acids is 1. The predicted molar refractivity (Wildman–Crippen MR) is 68.9 cm³/mol. The van der Waals surface area contributed by atoms with Crippen molar-refractivity contribution in [2.75, 3.05) is 20.2 Å². The van der Waals surface area contributed by atoms with E-state index in [0.29, 0.717) is 13.0 Å². The molecule has 1 unspecified atom stereocenters. The van der Waals surface area contributed by atoms with E-state index < -0.39 is 11.4 Å². The lowest BCUT2D eigenvalue weighted by Gasteiger charge is -2.33. The number of ether oxygens (including phenoxy) is 1. The highest BCUT2D eigenvalue weighted by molar-refractivity contribution is 5.75. The number of piperidine rings is 1. The summed E-state index contributed by atoms with van der Waals surface area (Å²) in [5.74, 6) is 0.0642. The number of rotatable bonds is 4. The van der Waals surface area contributed by atoms with Crippen molar-refractivity contribution in [1.82, 2.24) is 5.32 Å². The van der Waals surface area contributed by atoms with E-state index in [1.54, 1.807) is 7.11 Å². The Bertz CT molecular complexity index is 425. The Balaban J connectivity index is 2.20. The maximum absolute atomic E-state index is 11.6. The molecule has 4 nitrogen and oxygen atoms in total. The third-order valence-electron chi connectivity index (χ3n) is 3.60. The normalized spacial score (nSPS) is 23.6. The van der Waals surface area contributed by atoms with Crippen molar-refractivity contribution in [3.05, 3.63) is 29.8 Å². The third-order valence-corrected chi connectivity index (χ3v) is 3.60. The van der Waals surface area contributed by atoms with Crippen LogP contribution in [0.5, 0.6) is 5.75 Å². The van der Waals surface area contributed by atoms with Crippen LogP contribution in [0, 0.1) is 5.41 Å². The van der Waals surface area contributed by atoms with Gasteiger partial charge in [0.15, 0.2) is 0 Å². The fourth-order valence-corrected chi connectivity index (χ4v) is 2.55. The molecule has 0 saturated carbocycles. The number of carbonyl (C=O) groups is 1. The highest BCUT2D eigenvalue weighted by Crippen LogP contribution is 2.31. The average Bonchev–Trinajstić information content (AvgIpc) is 2.40. The molecule has 0 spiro atoms. The van der Waals surface area contributed by atoms with Gasteiger partial charge in [-0.1, -0.05) is 12.1 Å². The molecular weight excluding hydrogens is 230 g/mol. The molecule has 1 fully saturated rings. The smallest absolute Gasteiger partial charge is 0.311 e. The lowest BCUT2D eigenvalue weighted by Crippen LogP contribution is -2.47. The molecule has 1 aliphatic rings. The van der Waals surface area contributed by atoms with E-state index in [0.717, 1.165) is 30.7 Å². The van der Waals surface area contributed by atoms with E-state index in [9.17, 15) is 9.90 Å². The summed E-state index contributed by atoms with van der Waals surface area (Å²) in [5.41, 5.74) is 0.338. The Kier molecular flexibility index (Phi) is 3.87. The van der Waals surface area contributed by atoms with Gasteiger partial charge in [0, 0.05) is 6.54 Å². The van der Waals surface area contributed by atoms with Crippen LogP contribution < -0.4 is 10.1 Å². The van der Waals surface area contributed by atoms with Gasteiger partial charge in [-0.05, 0) is 43.5 Å². The van der Waals surface area contributed by atoms with Gasteiger partial charge in [-0.2, -0.15) is 0 Å². The summed E-state index contributed by atoms with van der Waals surface area (Å²) in [6.07, 6.45) is 2.19. The Morgan fingerprint density at radius 1 is 1.56 bits per heavy atom. The van der Waals surface area contributed by atoms with Crippen LogP contribution >= 0.6 is 0 Å². The summed E-state index contributed by atoms with van der Waals surface area (Å²) in [4.78, 5) is 11.6. The number of aliphatic carboxylic acids is 1. The van der Waals surface area contributed by atoms with Crippen molar-refractivity contribution in [3.63, 3.8) is 0 Å². The molecule has 98 valence electrons. The SMILES string of the molecule is COc1cccc(CC2(C(=O)O)CCCNC2)c1. The molecule has 0 aliphatic carbocycles. The summed E-state index contributed by atoms with van der Waals surface area (Å²) in [5, 5.41) is 12.7. The molecule has 18 heavy (non-hydrogen) atoms. The summed E-state index contributed by atoms with van der Waals surface area (Å²) < 4.78 is 5.17. The number of benzene rings is 1. The second kappa shape index (κ2) is 5.40. The van der Waals surface area contributed by atoms with E-state index in [-0.39, 0.29) is 0 Å². The van der Waals surface area contributed by atoms with Crippen molar-refractivity contribution >= 4 is 5.97 Å². The quantitative estimate of drug-likeness (QED) is 0.852. The molecule has 4 heteroatoms. The Hall–Kier alpha value is -1.55. The Morgan fingerprint density at radius 3 is 3.00 bits per heavy atom. The zero-order valence-electron chi connectivity index (χ0n) is 10.6. The fourth-order valence-electron chi connectivity index (χ4n) is 2.55. The summed E-state index contributed by atoms with van der Waals surface area (Å²) in [6.45, 7) is 1.45. The highest BCUT2D eigenvalue weighted by atomic mass is 16.5. The van der Waals surface area contributed by atoms with Gasteiger partial charge in [0.25, 0.3) is 0 Å². The van der Waals surface area contributed by atoms with Crippen LogP contribution in [0.3, 0.4) is 0 Å². The van der Waals surface area contributed by atoms with Gasteiger partial charge in [-0.3, -0.25) is 4.79 Å². The summed E-state index contributed by atoms with van der Waals surface area (Å²) >= 11 is 0. The molecule has 1 atom stereocenters. The third kappa shape index (κ3) is 2.64. The van der Waals surface area contributed by atoms with Crippen LogP contribution in [-0.2, 0) is 11.2 Å². The molecule has 0 aromatic heterocycles. The van der Waals surface area contributed by atoms with Crippen molar-refractivity contribution in [2.24, 2.45) is 5.41 Å². The van der Waals surface area contributed by atoms with Crippen LogP contribution in [0.25, 0.3) is 0 Å². The van der Waals surface area contributed by atoms with Gasteiger partial charge in [-0.25, -0.2) is 0 Å². The minimum Gasteiger partial charge on any atom is -0.497 e. The topological polar surface area (TPSA) is 58.6 Å². The van der Waals surface area contributed by atoms with Crippen LogP contribution in [0.15, 0.2) is 24.3 Å². The molecule has 2 rings (SSSR count). The Labute approximate surface area is 107 Å². The first-order valence-electron chi connectivity index (χ1n) is 6.23. The van der Waals surface area contributed by atoms with Gasteiger partial charge in [-0.15, -0.1) is 0 Å². The van der Waals surface area contributed by atoms with Gasteiger partial charge in [0.1, 0.15) is 5.75 Å². The Morgan fingerprint density at radius 2 is 2.39 bits per heavy atom. The molecule has 1 aromatic rings. The molecule has 1 aromatic carbocycles. The van der Waals surface area contributed by atoms with E-state index in [1.807, 2.05) is 24.3 Å². The minimum atomic E-state index is -0.711. The highest BCUT2D eigenvalue weighted by Gasteiger charge is 2.39. The molecule has 0 radical (unpaired) electrons. The second-order valence-electron chi connectivity index (χ2n) is 4.89. The van der Waals surface area contributed by atoms with Crippen molar-refractivity contribution < 1.29 is 14.6 Å². The van der Waals surface area contributed by atoms with E-state index >= 15 is 0 Å². The number of hydrogen-bond donors (Lipinski definition) is 2. The van der Waals surface area contributed by atoms with E-state index in [4.69, 9.17) is 4.74 Å². The van der Waals surface area contributed by atoms with Gasteiger partial charge in [0.05, 0.1) is 12.5 Å². The maximum atomic E-state index is 11.6. The minimum absolute atomic E-state index is 0.541. The van der Waals surface area contributed by atoms with Crippen molar-refractivity contribution in [3.8, 4) is 5.75 Å². The van der Waals surface area contributed by atoms with E-state index in [1.165, 1.54) is 0 Å². The van der Waals surface area contributed by atoms with Crippen molar-refractivity contribution in [1.29, 1.82) is 0 Å². The van der Waals surface area contributed by atoms with Crippen LogP contribution in [0.1, 0.15) is 18.4 Å². The lowest BCUT2D eigenvalue weighted by atomic mass is 9.76. The molecule has 1 aliphatic heterocycles. The van der Waals surface area contributed by atoms with E-state index in [2.05, 4.69) is 5.32 Å². The first kappa shape index (κ1) is 12.9. The monoisotopic (exact) mass is 249 g/mol. The van der Waals surface area contributed by atoms with Gasteiger partial charge in [0.2, 0.25) is 0 Å². The molecule has 0 amide bonds. The number of nitrogens with one attached hydrogen (secondary N) is 1.